The molecule has 0 saturated carbocycles. The predicted molar refractivity (Wildman–Crippen MR) is 123 cm³/mol. The van der Waals surface area contributed by atoms with Crippen LogP contribution >= 0.6 is 0 Å². The number of benzene rings is 3. The molecule has 0 bridgehead atoms. The van der Waals surface area contributed by atoms with Crippen molar-refractivity contribution in [3.63, 3.8) is 0 Å². The number of ketones is 1. The lowest BCUT2D eigenvalue weighted by molar-refractivity contribution is 0.0734. The van der Waals surface area contributed by atoms with E-state index in [0.717, 1.165) is 0 Å². The summed E-state index contributed by atoms with van der Waals surface area (Å²) in [6.45, 7) is 0.106. The number of rotatable bonds is 6. The molecule has 0 aliphatic carbocycles. The number of fused-ring (bicyclic) bond motifs is 2. The van der Waals surface area contributed by atoms with Gasteiger partial charge >= 0.3 is 5.97 Å². The van der Waals surface area contributed by atoms with Crippen LogP contribution in [0.3, 0.4) is 0 Å². The molecule has 0 fully saturated rings. The second-order valence-corrected chi connectivity index (χ2v) is 7.50. The standard InChI is InChI=1S/C26H20O9/c1-29-19-12-22(31-3)21(30-2)9-15(19)10-24-25(27)17-6-5-16(11-20(17)35-24)34-26(28)14-4-7-18-23(8-14)33-13-32-18/h4-12H,13H2,1-3H3. The molecule has 2 aliphatic heterocycles. The van der Waals surface area contributed by atoms with Crippen LogP contribution in [-0.4, -0.2) is 39.9 Å². The highest BCUT2D eigenvalue weighted by molar-refractivity contribution is 6.14. The average molecular weight is 476 g/mol. The van der Waals surface area contributed by atoms with E-state index < -0.39 is 5.97 Å². The first kappa shape index (κ1) is 22.1. The Hall–Kier alpha value is -4.66. The van der Waals surface area contributed by atoms with Crippen LogP contribution in [0.2, 0.25) is 0 Å². The molecule has 3 aromatic carbocycles. The van der Waals surface area contributed by atoms with Crippen LogP contribution < -0.4 is 33.2 Å². The zero-order valence-corrected chi connectivity index (χ0v) is 19.1. The number of carbonyl (C=O) groups excluding carboxylic acids is 2. The van der Waals surface area contributed by atoms with E-state index in [9.17, 15) is 9.59 Å². The molecule has 9 nitrogen and oxygen atoms in total. The number of hydrogen-bond donors (Lipinski definition) is 0. The van der Waals surface area contributed by atoms with E-state index in [1.165, 1.54) is 33.5 Å². The highest BCUT2D eigenvalue weighted by Gasteiger charge is 2.29. The first-order valence-electron chi connectivity index (χ1n) is 10.5. The van der Waals surface area contributed by atoms with Crippen molar-refractivity contribution < 1.29 is 42.7 Å². The maximum atomic E-state index is 12.9. The molecule has 0 amide bonds. The van der Waals surface area contributed by atoms with Gasteiger partial charge in [-0.15, -0.1) is 0 Å². The Kier molecular flexibility index (Phi) is 5.66. The number of esters is 1. The zero-order chi connectivity index (χ0) is 24.5. The minimum absolute atomic E-state index is 0.0877. The molecule has 0 N–H and O–H groups in total. The lowest BCUT2D eigenvalue weighted by Gasteiger charge is -2.12. The van der Waals surface area contributed by atoms with Gasteiger partial charge in [-0.25, -0.2) is 4.79 Å². The second-order valence-electron chi connectivity index (χ2n) is 7.50. The molecule has 0 saturated heterocycles. The average Bonchev–Trinajstić information content (AvgIpc) is 3.47. The molecule has 0 spiro atoms. The number of Topliss-reactive ketones (excluding diaryl/α,β-unsaturated/α-hetero) is 1. The summed E-state index contributed by atoms with van der Waals surface area (Å²) < 4.78 is 37.9. The van der Waals surface area contributed by atoms with E-state index in [2.05, 4.69) is 0 Å². The van der Waals surface area contributed by atoms with Crippen molar-refractivity contribution in [2.75, 3.05) is 28.1 Å². The summed E-state index contributed by atoms with van der Waals surface area (Å²) in [7, 11) is 4.55. The summed E-state index contributed by atoms with van der Waals surface area (Å²) in [6, 6.07) is 12.7. The fourth-order valence-corrected chi connectivity index (χ4v) is 3.73. The quantitative estimate of drug-likeness (QED) is 0.293. The van der Waals surface area contributed by atoms with E-state index in [4.69, 9.17) is 33.2 Å². The number of carbonyl (C=O) groups is 2. The lowest BCUT2D eigenvalue weighted by Crippen LogP contribution is -2.08. The van der Waals surface area contributed by atoms with Crippen molar-refractivity contribution in [3.8, 4) is 40.2 Å². The predicted octanol–water partition coefficient (Wildman–Crippen LogP) is 4.28. The third kappa shape index (κ3) is 4.08. The third-order valence-corrected chi connectivity index (χ3v) is 5.48. The van der Waals surface area contributed by atoms with Gasteiger partial charge in [0.05, 0.1) is 32.5 Å². The number of methoxy groups -OCH3 is 3. The Morgan fingerprint density at radius 1 is 0.829 bits per heavy atom. The maximum Gasteiger partial charge on any atom is 0.343 e. The zero-order valence-electron chi connectivity index (χ0n) is 19.1. The van der Waals surface area contributed by atoms with Crippen molar-refractivity contribution in [1.82, 2.24) is 0 Å². The summed E-state index contributed by atoms with van der Waals surface area (Å²) in [6.07, 6.45) is 1.56. The van der Waals surface area contributed by atoms with Crippen LogP contribution in [0, 0.1) is 0 Å². The Morgan fingerprint density at radius 2 is 1.57 bits per heavy atom. The van der Waals surface area contributed by atoms with Gasteiger partial charge in [0, 0.05) is 17.7 Å². The topological polar surface area (TPSA) is 98.8 Å². The summed E-state index contributed by atoms with van der Waals surface area (Å²) in [4.78, 5) is 25.5. The van der Waals surface area contributed by atoms with E-state index in [-0.39, 0.29) is 29.8 Å². The third-order valence-electron chi connectivity index (χ3n) is 5.48. The van der Waals surface area contributed by atoms with Gasteiger partial charge in [-0.3, -0.25) is 4.79 Å². The second kappa shape index (κ2) is 8.94. The van der Waals surface area contributed by atoms with Gasteiger partial charge in [0.2, 0.25) is 12.6 Å². The molecule has 5 rings (SSSR count). The highest BCUT2D eigenvalue weighted by Crippen LogP contribution is 2.39. The van der Waals surface area contributed by atoms with Crippen molar-refractivity contribution in [2.24, 2.45) is 0 Å². The molecule has 0 radical (unpaired) electrons. The van der Waals surface area contributed by atoms with Crippen LogP contribution in [0.4, 0.5) is 0 Å². The molecule has 3 aromatic rings. The fourth-order valence-electron chi connectivity index (χ4n) is 3.73. The van der Waals surface area contributed by atoms with E-state index >= 15 is 0 Å². The molecular formula is C26H20O9. The molecule has 0 aromatic heterocycles. The molecule has 2 heterocycles. The molecular weight excluding hydrogens is 456 g/mol. The van der Waals surface area contributed by atoms with Gasteiger partial charge in [0.15, 0.2) is 28.8 Å². The SMILES string of the molecule is COc1cc(OC)c(OC)cc1C=C1Oc2cc(OC(=O)c3ccc4c(c3)OCO4)ccc2C1=O. The molecule has 2 aliphatic rings. The van der Waals surface area contributed by atoms with Crippen molar-refractivity contribution in [2.45, 2.75) is 0 Å². The molecule has 9 heteroatoms. The smallest absolute Gasteiger partial charge is 0.343 e. The Balaban J connectivity index is 1.38. The van der Waals surface area contributed by atoms with Crippen LogP contribution in [0.1, 0.15) is 26.3 Å². The summed E-state index contributed by atoms with van der Waals surface area (Å²) >= 11 is 0. The van der Waals surface area contributed by atoms with Gasteiger partial charge in [0.1, 0.15) is 17.2 Å². The Morgan fingerprint density at radius 3 is 2.34 bits per heavy atom. The number of ether oxygens (including phenoxy) is 7. The van der Waals surface area contributed by atoms with E-state index in [0.29, 0.717) is 45.4 Å². The Labute approximate surface area is 200 Å². The van der Waals surface area contributed by atoms with Gasteiger partial charge in [-0.2, -0.15) is 0 Å². The number of hydrogen-bond acceptors (Lipinski definition) is 9. The van der Waals surface area contributed by atoms with Crippen LogP contribution in [0.25, 0.3) is 6.08 Å². The molecule has 35 heavy (non-hydrogen) atoms. The normalized spacial score (nSPS) is 14.4. The summed E-state index contributed by atoms with van der Waals surface area (Å²) in [5.41, 5.74) is 1.21. The summed E-state index contributed by atoms with van der Waals surface area (Å²) in [5.74, 6) is 2.16. The van der Waals surface area contributed by atoms with Crippen LogP contribution in [-0.2, 0) is 0 Å². The van der Waals surface area contributed by atoms with Gasteiger partial charge in [-0.1, -0.05) is 0 Å². The lowest BCUT2D eigenvalue weighted by atomic mass is 10.1. The minimum Gasteiger partial charge on any atom is -0.496 e. The van der Waals surface area contributed by atoms with E-state index in [1.54, 1.807) is 42.5 Å². The largest absolute Gasteiger partial charge is 0.496 e. The highest BCUT2D eigenvalue weighted by atomic mass is 16.7. The van der Waals surface area contributed by atoms with Gasteiger partial charge in [0.25, 0.3) is 0 Å². The van der Waals surface area contributed by atoms with Crippen molar-refractivity contribution in [3.05, 3.63) is 71.0 Å². The van der Waals surface area contributed by atoms with Crippen LogP contribution in [0.15, 0.2) is 54.3 Å². The monoisotopic (exact) mass is 476 g/mol. The van der Waals surface area contributed by atoms with Crippen molar-refractivity contribution in [1.29, 1.82) is 0 Å². The summed E-state index contributed by atoms with van der Waals surface area (Å²) in [5, 5.41) is 0. The Bertz CT molecular complexity index is 1370. The van der Waals surface area contributed by atoms with Gasteiger partial charge in [-0.05, 0) is 42.5 Å². The first-order valence-corrected chi connectivity index (χ1v) is 10.5. The minimum atomic E-state index is -0.585. The van der Waals surface area contributed by atoms with Gasteiger partial charge < -0.3 is 33.2 Å². The van der Waals surface area contributed by atoms with Crippen LogP contribution in [0.5, 0.6) is 40.2 Å². The molecule has 178 valence electrons. The maximum absolute atomic E-state index is 12.9. The van der Waals surface area contributed by atoms with E-state index in [1.807, 2.05) is 0 Å². The molecule has 0 atom stereocenters. The first-order chi connectivity index (χ1) is 17.0. The molecule has 0 unspecified atom stereocenters. The fraction of sp³-hybridized carbons (Fsp3) is 0.154. The van der Waals surface area contributed by atoms with Crippen molar-refractivity contribution >= 4 is 17.8 Å². The number of allylic oxidation sites excluding steroid dienone is 1.